The molecule has 0 aromatic heterocycles. The van der Waals surface area contributed by atoms with Crippen LogP contribution in [0.1, 0.15) is 0 Å². The van der Waals surface area contributed by atoms with Gasteiger partial charge < -0.3 is 9.47 Å². The fraction of sp³-hybridized carbons (Fsp3) is 0.200. The molecule has 1 aromatic rings. The molecule has 0 atom stereocenters. The summed E-state index contributed by atoms with van der Waals surface area (Å²) in [6, 6.07) is 1.83. The van der Waals surface area contributed by atoms with Crippen LogP contribution in [0.3, 0.4) is 0 Å². The molecule has 0 saturated heterocycles. The van der Waals surface area contributed by atoms with Crippen LogP contribution < -0.4 is 21.6 Å². The highest BCUT2D eigenvalue weighted by Gasteiger charge is 2.05. The van der Waals surface area contributed by atoms with Gasteiger partial charge in [0.05, 0.1) is 14.2 Å². The number of amides is 2. The minimum atomic E-state index is -1.08. The first-order chi connectivity index (χ1) is 8.49. The van der Waals surface area contributed by atoms with Crippen LogP contribution in [0.4, 0.5) is 9.59 Å². The first-order valence-electron chi connectivity index (χ1n) is 4.60. The van der Waals surface area contributed by atoms with Gasteiger partial charge in [-0.3, -0.25) is 9.59 Å². The normalized spacial score (nSPS) is 12.3. The molecule has 0 aliphatic rings. The van der Waals surface area contributed by atoms with Gasteiger partial charge >= 0.3 is 12.2 Å². The summed E-state index contributed by atoms with van der Waals surface area (Å²) < 4.78 is 8.46. The molecule has 0 saturated carbocycles. The maximum atomic E-state index is 11.5. The van der Waals surface area contributed by atoms with Crippen molar-refractivity contribution in [3.05, 3.63) is 43.3 Å². The van der Waals surface area contributed by atoms with E-state index >= 15 is 0 Å². The summed E-state index contributed by atoms with van der Waals surface area (Å²) in [6.45, 7) is 0. The molecule has 1 aromatic carbocycles. The Kier molecular flexibility index (Phi) is 4.19. The lowest BCUT2D eigenvalue weighted by Gasteiger charge is -1.91. The third-order valence-corrected chi connectivity index (χ3v) is 1.83. The lowest BCUT2D eigenvalue weighted by molar-refractivity contribution is 0.179. The molecule has 8 nitrogen and oxygen atoms in total. The lowest BCUT2D eigenvalue weighted by Crippen LogP contribution is -2.48. The van der Waals surface area contributed by atoms with Crippen LogP contribution in [-0.2, 0) is 9.47 Å². The van der Waals surface area contributed by atoms with Crippen molar-refractivity contribution < 1.29 is 19.1 Å². The molecule has 0 N–H and O–H groups in total. The minimum absolute atomic E-state index is 0.556. The van der Waals surface area contributed by atoms with Crippen molar-refractivity contribution in [1.82, 2.24) is 0 Å². The molecule has 18 heavy (non-hydrogen) atoms. The van der Waals surface area contributed by atoms with E-state index < -0.39 is 33.8 Å². The van der Waals surface area contributed by atoms with Crippen LogP contribution in [-0.4, -0.2) is 26.4 Å². The Morgan fingerprint density at radius 2 is 1.22 bits per heavy atom. The van der Waals surface area contributed by atoms with E-state index in [4.69, 9.17) is 0 Å². The second-order valence-corrected chi connectivity index (χ2v) is 2.92. The van der Waals surface area contributed by atoms with Gasteiger partial charge in [0.1, 0.15) is 10.7 Å². The molecule has 0 heterocycles. The number of ether oxygens (including phenoxy) is 2. The van der Waals surface area contributed by atoms with Gasteiger partial charge in [-0.05, 0) is 12.1 Å². The van der Waals surface area contributed by atoms with Crippen molar-refractivity contribution in [2.45, 2.75) is 0 Å². The van der Waals surface area contributed by atoms with Crippen molar-refractivity contribution in [2.24, 2.45) is 9.98 Å². The highest BCUT2D eigenvalue weighted by molar-refractivity contribution is 5.69. The Bertz CT molecular complexity index is 635. The Morgan fingerprint density at radius 3 is 1.50 bits per heavy atom. The van der Waals surface area contributed by atoms with Gasteiger partial charge in [-0.25, -0.2) is 9.59 Å². The number of hydrogen-bond donors (Lipinski definition) is 0. The standard InChI is InChI=1S/C10H8N2O6/c1-17-9(15)11-7-5(13)3-4-6(14)8(7)12-10(16)18-2/h3-4H,1-2H3. The minimum Gasteiger partial charge on any atom is -0.451 e. The Balaban J connectivity index is 3.76. The number of benzene rings is 1. The van der Waals surface area contributed by atoms with Crippen LogP contribution >= 0.6 is 0 Å². The number of carbonyl (C=O) groups excluding carboxylic acids is 2. The molecular weight excluding hydrogens is 244 g/mol. The number of nitrogens with zero attached hydrogens (tertiary/aromatic N) is 2. The molecule has 0 aliphatic carbocycles. The Labute approximate surface area is 99.6 Å². The molecule has 94 valence electrons. The summed E-state index contributed by atoms with van der Waals surface area (Å²) in [7, 11) is 2.10. The quantitative estimate of drug-likeness (QED) is 0.562. The van der Waals surface area contributed by atoms with E-state index in [0.29, 0.717) is 0 Å². The van der Waals surface area contributed by atoms with Crippen molar-refractivity contribution >= 4 is 12.2 Å². The fourth-order valence-electron chi connectivity index (χ4n) is 1.03. The maximum absolute atomic E-state index is 11.5. The molecule has 0 fully saturated rings. The number of rotatable bonds is 0. The summed E-state index contributed by atoms with van der Waals surface area (Å²) >= 11 is 0. The third-order valence-electron chi connectivity index (χ3n) is 1.83. The van der Waals surface area contributed by atoms with Gasteiger partial charge in [-0.2, -0.15) is 9.98 Å². The van der Waals surface area contributed by atoms with Gasteiger partial charge in [0, 0.05) is 0 Å². The molecule has 0 bridgehead atoms. The predicted molar refractivity (Wildman–Crippen MR) is 57.3 cm³/mol. The number of methoxy groups -OCH3 is 2. The summed E-state index contributed by atoms with van der Waals surface area (Å²) in [5.74, 6) is 0. The second kappa shape index (κ2) is 5.62. The van der Waals surface area contributed by atoms with Crippen molar-refractivity contribution in [1.29, 1.82) is 0 Å². The zero-order valence-corrected chi connectivity index (χ0v) is 9.50. The SMILES string of the molecule is COC(=O)N=c1c(=O)ccc(=O)c1=NC(=O)OC. The average Bonchev–Trinajstić information content (AvgIpc) is 2.37. The zero-order valence-electron chi connectivity index (χ0n) is 9.50. The summed E-state index contributed by atoms with van der Waals surface area (Å²) in [6.07, 6.45) is -2.17. The van der Waals surface area contributed by atoms with E-state index in [1.807, 2.05) is 0 Å². The molecule has 0 aliphatic heterocycles. The number of hydrogen-bond acceptors (Lipinski definition) is 6. The van der Waals surface area contributed by atoms with Gasteiger partial charge in [0.15, 0.2) is 0 Å². The molecule has 0 spiro atoms. The molecule has 8 heteroatoms. The maximum Gasteiger partial charge on any atom is 0.434 e. The van der Waals surface area contributed by atoms with E-state index in [-0.39, 0.29) is 0 Å². The third kappa shape index (κ3) is 2.94. The molecule has 0 unspecified atom stereocenters. The van der Waals surface area contributed by atoms with Crippen LogP contribution in [0.25, 0.3) is 0 Å². The second-order valence-electron chi connectivity index (χ2n) is 2.92. The molecule has 0 radical (unpaired) electrons. The van der Waals surface area contributed by atoms with E-state index in [0.717, 1.165) is 26.4 Å². The zero-order chi connectivity index (χ0) is 13.7. The van der Waals surface area contributed by atoms with E-state index in [1.165, 1.54) is 0 Å². The smallest absolute Gasteiger partial charge is 0.434 e. The van der Waals surface area contributed by atoms with Gasteiger partial charge in [-0.1, -0.05) is 0 Å². The fourth-order valence-corrected chi connectivity index (χ4v) is 1.03. The predicted octanol–water partition coefficient (Wildman–Crippen LogP) is -1.38. The summed E-state index contributed by atoms with van der Waals surface area (Å²) in [4.78, 5) is 51.4. The van der Waals surface area contributed by atoms with E-state index in [9.17, 15) is 19.2 Å². The van der Waals surface area contributed by atoms with E-state index in [2.05, 4.69) is 19.5 Å². The summed E-state index contributed by atoms with van der Waals surface area (Å²) in [5, 5.41) is -1.11. The van der Waals surface area contributed by atoms with Gasteiger partial charge in [-0.15, -0.1) is 0 Å². The number of carbonyl (C=O) groups is 2. The van der Waals surface area contributed by atoms with Gasteiger partial charge in [0.2, 0.25) is 10.9 Å². The largest absolute Gasteiger partial charge is 0.451 e. The highest BCUT2D eigenvalue weighted by atomic mass is 16.5. The van der Waals surface area contributed by atoms with Crippen LogP contribution in [0.5, 0.6) is 0 Å². The van der Waals surface area contributed by atoms with Gasteiger partial charge in [0.25, 0.3) is 0 Å². The average molecular weight is 252 g/mol. The van der Waals surface area contributed by atoms with Crippen LogP contribution in [0, 0.1) is 0 Å². The van der Waals surface area contributed by atoms with Crippen molar-refractivity contribution in [2.75, 3.05) is 14.2 Å². The van der Waals surface area contributed by atoms with Crippen molar-refractivity contribution in [3.63, 3.8) is 0 Å². The first kappa shape index (κ1) is 13.4. The van der Waals surface area contributed by atoms with E-state index in [1.54, 1.807) is 0 Å². The first-order valence-corrected chi connectivity index (χ1v) is 4.60. The Morgan fingerprint density at radius 1 is 0.889 bits per heavy atom. The Hall–Kier alpha value is -2.64. The van der Waals surface area contributed by atoms with Crippen molar-refractivity contribution in [3.8, 4) is 0 Å². The topological polar surface area (TPSA) is 111 Å². The highest BCUT2D eigenvalue weighted by Crippen LogP contribution is 1.76. The van der Waals surface area contributed by atoms with Crippen LogP contribution in [0.15, 0.2) is 31.7 Å². The monoisotopic (exact) mass is 252 g/mol. The molecule has 1 rings (SSSR count). The van der Waals surface area contributed by atoms with Crippen LogP contribution in [0.2, 0.25) is 0 Å². The lowest BCUT2D eigenvalue weighted by atomic mass is 10.3. The molecular formula is C10H8N2O6. The summed E-state index contributed by atoms with van der Waals surface area (Å²) in [5.41, 5.74) is -1.47. The molecule has 2 amide bonds.